The van der Waals surface area contributed by atoms with Gasteiger partial charge in [-0.1, -0.05) is 65.6 Å². The largest absolute Gasteiger partial charge is 0.324 e. The molecule has 7 nitrogen and oxygen atoms in total. The number of aromatic nitrogens is 4. The van der Waals surface area contributed by atoms with Crippen LogP contribution in [0.25, 0.3) is 16.7 Å². The zero-order chi connectivity index (χ0) is 22.1. The van der Waals surface area contributed by atoms with Crippen LogP contribution in [0, 0.1) is 0 Å². The van der Waals surface area contributed by atoms with Gasteiger partial charge in [0.1, 0.15) is 0 Å². The molecule has 0 unspecified atom stereocenters. The third-order valence-corrected chi connectivity index (χ3v) is 6.51. The third-order valence-electron chi connectivity index (χ3n) is 4.54. The first-order valence-electron chi connectivity index (χ1n) is 9.34. The maximum absolute atomic E-state index is 12.9. The van der Waals surface area contributed by atoms with Crippen LogP contribution in [0.15, 0.2) is 46.3 Å². The molecule has 0 spiro atoms. The molecule has 2 heterocycles. The summed E-state index contributed by atoms with van der Waals surface area (Å²) < 4.78 is 3.41. The number of nitrogens with one attached hydrogen (secondary N) is 1. The zero-order valence-electron chi connectivity index (χ0n) is 16.2. The van der Waals surface area contributed by atoms with Crippen molar-refractivity contribution in [2.45, 2.75) is 25.0 Å². The van der Waals surface area contributed by atoms with Crippen molar-refractivity contribution in [2.24, 2.45) is 0 Å². The number of benzene rings is 2. The number of thioether (sulfide) groups is 1. The van der Waals surface area contributed by atoms with Gasteiger partial charge >= 0.3 is 0 Å². The van der Waals surface area contributed by atoms with Crippen LogP contribution in [0.1, 0.15) is 13.3 Å². The van der Waals surface area contributed by atoms with Gasteiger partial charge in [0.2, 0.25) is 11.7 Å². The maximum atomic E-state index is 12.9. The highest BCUT2D eigenvalue weighted by molar-refractivity contribution is 7.99. The van der Waals surface area contributed by atoms with Crippen LogP contribution in [-0.2, 0) is 11.3 Å². The third kappa shape index (κ3) is 4.25. The second kappa shape index (κ2) is 9.08. The second-order valence-corrected chi connectivity index (χ2v) is 8.84. The summed E-state index contributed by atoms with van der Waals surface area (Å²) in [5.74, 6) is 0.202. The minimum atomic E-state index is -0.298. The van der Waals surface area contributed by atoms with Crippen LogP contribution in [0.5, 0.6) is 0 Å². The van der Waals surface area contributed by atoms with Crippen LogP contribution in [0.4, 0.5) is 5.69 Å². The highest BCUT2D eigenvalue weighted by atomic mass is 35.5. The molecule has 2 aromatic carbocycles. The molecular formula is C20H16Cl3N5O2S. The Morgan fingerprint density at radius 2 is 1.84 bits per heavy atom. The molecule has 0 aliphatic heterocycles. The SMILES string of the molecule is CCCn1c(=O)c2ccccc2n2c(SCC(=O)Nc3cc(Cl)c(Cl)cc3Cl)nnc12. The van der Waals surface area contributed by atoms with E-state index in [2.05, 4.69) is 15.5 Å². The molecule has 0 saturated heterocycles. The lowest BCUT2D eigenvalue weighted by atomic mass is 10.2. The first-order valence-corrected chi connectivity index (χ1v) is 11.5. The molecule has 0 bridgehead atoms. The number of aryl methyl sites for hydroxylation is 1. The molecule has 0 aliphatic carbocycles. The predicted octanol–water partition coefficient (Wildman–Crippen LogP) is 5.15. The summed E-state index contributed by atoms with van der Waals surface area (Å²) in [4.78, 5) is 25.4. The highest BCUT2D eigenvalue weighted by Gasteiger charge is 2.17. The number of carbonyl (C=O) groups excluding carboxylic acids is 1. The van der Waals surface area contributed by atoms with Gasteiger partial charge in [-0.05, 0) is 30.7 Å². The Bertz CT molecular complexity index is 1370. The number of rotatable bonds is 6. The van der Waals surface area contributed by atoms with Gasteiger partial charge in [0.25, 0.3) is 5.56 Å². The van der Waals surface area contributed by atoms with E-state index in [9.17, 15) is 9.59 Å². The Morgan fingerprint density at radius 3 is 2.61 bits per heavy atom. The number of halogens is 3. The lowest BCUT2D eigenvalue weighted by Gasteiger charge is -2.11. The Morgan fingerprint density at radius 1 is 1.10 bits per heavy atom. The van der Waals surface area contributed by atoms with Gasteiger partial charge in [0.15, 0.2) is 5.16 Å². The van der Waals surface area contributed by atoms with Crippen molar-refractivity contribution in [1.82, 2.24) is 19.2 Å². The molecule has 31 heavy (non-hydrogen) atoms. The van der Waals surface area contributed by atoms with Gasteiger partial charge < -0.3 is 5.32 Å². The van der Waals surface area contributed by atoms with Gasteiger partial charge in [-0.15, -0.1) is 10.2 Å². The summed E-state index contributed by atoms with van der Waals surface area (Å²) >= 11 is 19.3. The fourth-order valence-electron chi connectivity index (χ4n) is 3.19. The second-order valence-electron chi connectivity index (χ2n) is 6.67. The number of fused-ring (bicyclic) bond motifs is 3. The Hall–Kier alpha value is -2.26. The number of hydrogen-bond donors (Lipinski definition) is 1. The molecule has 4 aromatic rings. The van der Waals surface area contributed by atoms with Gasteiger partial charge in [0, 0.05) is 6.54 Å². The smallest absolute Gasteiger partial charge is 0.262 e. The minimum absolute atomic E-state index is 0.0542. The average molecular weight is 497 g/mol. The zero-order valence-corrected chi connectivity index (χ0v) is 19.3. The van der Waals surface area contributed by atoms with E-state index < -0.39 is 0 Å². The van der Waals surface area contributed by atoms with E-state index >= 15 is 0 Å². The first-order chi connectivity index (χ1) is 14.9. The van der Waals surface area contributed by atoms with Gasteiger partial charge in [-0.3, -0.25) is 18.6 Å². The van der Waals surface area contributed by atoms with Crippen molar-refractivity contribution in [1.29, 1.82) is 0 Å². The van der Waals surface area contributed by atoms with Gasteiger partial charge in [-0.2, -0.15) is 0 Å². The van der Waals surface area contributed by atoms with E-state index in [1.165, 1.54) is 23.9 Å². The summed E-state index contributed by atoms with van der Waals surface area (Å²) in [5, 5.41) is 13.1. The topological polar surface area (TPSA) is 81.3 Å². The first kappa shape index (κ1) is 22.0. The molecule has 0 saturated carbocycles. The fraction of sp³-hybridized carbons (Fsp3) is 0.200. The number of carbonyl (C=O) groups is 1. The summed E-state index contributed by atoms with van der Waals surface area (Å²) in [5.41, 5.74) is 0.950. The quantitative estimate of drug-likeness (QED) is 0.295. The van der Waals surface area contributed by atoms with E-state index in [4.69, 9.17) is 34.8 Å². The lowest BCUT2D eigenvalue weighted by Crippen LogP contribution is -2.23. The highest BCUT2D eigenvalue weighted by Crippen LogP contribution is 2.32. The molecule has 0 aliphatic rings. The monoisotopic (exact) mass is 495 g/mol. The lowest BCUT2D eigenvalue weighted by molar-refractivity contribution is -0.113. The minimum Gasteiger partial charge on any atom is -0.324 e. The van der Waals surface area contributed by atoms with E-state index in [0.717, 1.165) is 6.42 Å². The molecule has 1 N–H and O–H groups in total. The molecule has 11 heteroatoms. The van der Waals surface area contributed by atoms with Crippen molar-refractivity contribution in [3.05, 3.63) is 61.8 Å². The van der Waals surface area contributed by atoms with E-state index in [-0.39, 0.29) is 27.3 Å². The fourth-order valence-corrected chi connectivity index (χ4v) is 4.52. The molecule has 0 radical (unpaired) electrons. The van der Waals surface area contributed by atoms with E-state index in [1.807, 2.05) is 25.1 Å². The Balaban J connectivity index is 1.64. The van der Waals surface area contributed by atoms with Crippen molar-refractivity contribution >= 4 is 74.8 Å². The summed E-state index contributed by atoms with van der Waals surface area (Å²) in [6.45, 7) is 2.51. The van der Waals surface area contributed by atoms with Crippen LogP contribution < -0.4 is 10.9 Å². The van der Waals surface area contributed by atoms with Crippen LogP contribution >= 0.6 is 46.6 Å². The number of para-hydroxylation sites is 1. The molecule has 1 amide bonds. The number of hydrogen-bond acceptors (Lipinski definition) is 5. The van der Waals surface area contributed by atoms with Crippen LogP contribution in [0.2, 0.25) is 15.1 Å². The maximum Gasteiger partial charge on any atom is 0.262 e. The summed E-state index contributed by atoms with van der Waals surface area (Å²) in [6, 6.07) is 10.2. The average Bonchev–Trinajstić information content (AvgIpc) is 3.17. The molecule has 0 fully saturated rings. The predicted molar refractivity (Wildman–Crippen MR) is 126 cm³/mol. The summed E-state index contributed by atoms with van der Waals surface area (Å²) in [6.07, 6.45) is 0.774. The standard InChI is InChI=1S/C20H16Cl3N5O2S/c1-2-7-27-18(30)11-5-3-4-6-16(11)28-19(27)25-26-20(28)31-10-17(29)24-15-9-13(22)12(21)8-14(15)23/h3-6,8-9H,2,7,10H2,1H3,(H,24,29). The Labute approximate surface area is 196 Å². The van der Waals surface area contributed by atoms with Crippen LogP contribution in [-0.4, -0.2) is 30.8 Å². The normalized spacial score (nSPS) is 11.4. The molecule has 4 rings (SSSR count). The number of nitrogens with zero attached hydrogens (tertiary/aromatic N) is 4. The van der Waals surface area contributed by atoms with E-state index in [1.54, 1.807) is 15.0 Å². The van der Waals surface area contributed by atoms with Gasteiger partial charge in [-0.25, -0.2) is 0 Å². The van der Waals surface area contributed by atoms with Crippen LogP contribution in [0.3, 0.4) is 0 Å². The van der Waals surface area contributed by atoms with E-state index in [0.29, 0.717) is 39.1 Å². The number of anilines is 1. The molecule has 160 valence electrons. The van der Waals surface area contributed by atoms with Crippen molar-refractivity contribution in [3.8, 4) is 0 Å². The summed E-state index contributed by atoms with van der Waals surface area (Å²) in [7, 11) is 0. The molecule has 0 atom stereocenters. The van der Waals surface area contributed by atoms with Crippen molar-refractivity contribution in [3.63, 3.8) is 0 Å². The van der Waals surface area contributed by atoms with Crippen molar-refractivity contribution < 1.29 is 4.79 Å². The van der Waals surface area contributed by atoms with Crippen molar-refractivity contribution in [2.75, 3.05) is 11.1 Å². The Kier molecular flexibility index (Phi) is 6.43. The molecule has 2 aromatic heterocycles. The van der Waals surface area contributed by atoms with Gasteiger partial charge in [0.05, 0.1) is 37.4 Å². The molecular weight excluding hydrogens is 481 g/mol. The number of amides is 1.